The molecule has 2 aromatic carbocycles. The monoisotopic (exact) mass is 271 g/mol. The molecular weight excluding hydrogens is 253 g/mol. The zero-order valence-corrected chi connectivity index (χ0v) is 11.4. The van der Waals surface area contributed by atoms with Gasteiger partial charge in [0, 0.05) is 12.6 Å². The molecule has 0 aliphatic carbocycles. The van der Waals surface area contributed by atoms with Crippen LogP contribution in [0.25, 0.3) is 0 Å². The van der Waals surface area contributed by atoms with E-state index in [-0.39, 0.29) is 17.9 Å². The third-order valence-corrected chi connectivity index (χ3v) is 4.05. The molecule has 3 rings (SSSR count). The molecular formula is C17H18FNO. The van der Waals surface area contributed by atoms with Crippen LogP contribution in [0.3, 0.4) is 0 Å². The summed E-state index contributed by atoms with van der Waals surface area (Å²) in [5, 5.41) is 10.4. The van der Waals surface area contributed by atoms with Crippen molar-refractivity contribution >= 4 is 0 Å². The largest absolute Gasteiger partial charge is 0.387 e. The minimum Gasteiger partial charge on any atom is -0.387 e. The quantitative estimate of drug-likeness (QED) is 0.862. The lowest BCUT2D eigenvalue weighted by molar-refractivity contribution is 0.151. The summed E-state index contributed by atoms with van der Waals surface area (Å²) in [7, 11) is 0. The van der Waals surface area contributed by atoms with Crippen molar-refractivity contribution in [2.75, 3.05) is 6.54 Å². The van der Waals surface area contributed by atoms with E-state index in [9.17, 15) is 9.50 Å². The Morgan fingerprint density at radius 3 is 2.35 bits per heavy atom. The Hall–Kier alpha value is -1.71. The SMILES string of the molecule is C[C@H](c1ccccc1)N1C[C@H]1[C@@H](O)c1ccc(F)cc1. The normalized spacial score (nSPS) is 24.1. The lowest BCUT2D eigenvalue weighted by atomic mass is 10.1. The molecule has 0 radical (unpaired) electrons. The second-order valence-electron chi connectivity index (χ2n) is 5.35. The smallest absolute Gasteiger partial charge is 0.123 e. The van der Waals surface area contributed by atoms with Crippen LogP contribution in [0, 0.1) is 5.82 Å². The van der Waals surface area contributed by atoms with Crippen molar-refractivity contribution in [3.8, 4) is 0 Å². The van der Waals surface area contributed by atoms with Crippen LogP contribution in [0.4, 0.5) is 4.39 Å². The molecule has 1 N–H and O–H groups in total. The molecule has 1 aliphatic heterocycles. The summed E-state index contributed by atoms with van der Waals surface area (Å²) in [4.78, 5) is 2.25. The minimum absolute atomic E-state index is 0.121. The highest BCUT2D eigenvalue weighted by atomic mass is 19.1. The van der Waals surface area contributed by atoms with Gasteiger partial charge in [-0.3, -0.25) is 4.90 Å². The van der Waals surface area contributed by atoms with Gasteiger partial charge < -0.3 is 5.11 Å². The number of nitrogens with zero attached hydrogens (tertiary/aromatic N) is 1. The molecule has 1 aliphatic rings. The van der Waals surface area contributed by atoms with Crippen molar-refractivity contribution in [1.29, 1.82) is 0 Å². The number of halogens is 1. The van der Waals surface area contributed by atoms with E-state index < -0.39 is 6.10 Å². The molecule has 0 saturated carbocycles. The molecule has 3 heteroatoms. The number of aliphatic hydroxyl groups excluding tert-OH is 1. The average Bonchev–Trinajstić information content (AvgIpc) is 3.28. The highest BCUT2D eigenvalue weighted by molar-refractivity contribution is 5.25. The van der Waals surface area contributed by atoms with Gasteiger partial charge in [0.15, 0.2) is 0 Å². The zero-order chi connectivity index (χ0) is 14.1. The number of benzene rings is 2. The highest BCUT2D eigenvalue weighted by Crippen LogP contribution is 2.38. The maximum absolute atomic E-state index is 12.9. The number of aliphatic hydroxyl groups is 1. The van der Waals surface area contributed by atoms with Gasteiger partial charge in [-0.15, -0.1) is 0 Å². The first-order valence-electron chi connectivity index (χ1n) is 6.91. The van der Waals surface area contributed by atoms with Gasteiger partial charge in [-0.05, 0) is 30.2 Å². The number of hydrogen-bond acceptors (Lipinski definition) is 2. The summed E-state index contributed by atoms with van der Waals surface area (Å²) in [5.74, 6) is -0.272. The predicted octanol–water partition coefficient (Wildman–Crippen LogP) is 3.30. The van der Waals surface area contributed by atoms with Crippen LogP contribution in [0.2, 0.25) is 0 Å². The molecule has 0 amide bonds. The molecule has 4 atom stereocenters. The van der Waals surface area contributed by atoms with E-state index in [0.717, 1.165) is 12.1 Å². The van der Waals surface area contributed by atoms with Crippen LogP contribution >= 0.6 is 0 Å². The lowest BCUT2D eigenvalue weighted by Crippen LogP contribution is -2.14. The van der Waals surface area contributed by atoms with Crippen molar-refractivity contribution in [2.45, 2.75) is 25.1 Å². The van der Waals surface area contributed by atoms with E-state index in [0.29, 0.717) is 0 Å². The van der Waals surface area contributed by atoms with Gasteiger partial charge >= 0.3 is 0 Å². The van der Waals surface area contributed by atoms with Crippen molar-refractivity contribution in [2.24, 2.45) is 0 Å². The molecule has 1 unspecified atom stereocenters. The Labute approximate surface area is 118 Å². The standard InChI is InChI=1S/C17H18FNO/c1-12(13-5-3-2-4-6-13)19-11-16(19)17(20)14-7-9-15(18)10-8-14/h2-10,12,16-17,20H,11H2,1H3/t12-,16+,17+,19?/m1/s1. The van der Waals surface area contributed by atoms with Gasteiger partial charge in [-0.25, -0.2) is 4.39 Å². The van der Waals surface area contributed by atoms with Crippen LogP contribution in [0.15, 0.2) is 54.6 Å². The number of hydrogen-bond donors (Lipinski definition) is 1. The van der Waals surface area contributed by atoms with Crippen LogP contribution in [0.1, 0.15) is 30.2 Å². The molecule has 104 valence electrons. The summed E-state index contributed by atoms with van der Waals surface area (Å²) in [6.07, 6.45) is -0.554. The lowest BCUT2D eigenvalue weighted by Gasteiger charge is -2.17. The second kappa shape index (κ2) is 5.35. The number of rotatable bonds is 4. The minimum atomic E-state index is -0.554. The summed E-state index contributed by atoms with van der Waals surface area (Å²) in [5.41, 5.74) is 2.03. The van der Waals surface area contributed by atoms with E-state index in [2.05, 4.69) is 24.0 Å². The van der Waals surface area contributed by atoms with Gasteiger partial charge in [-0.2, -0.15) is 0 Å². The van der Waals surface area contributed by atoms with Gasteiger partial charge in [-0.1, -0.05) is 42.5 Å². The molecule has 2 aromatic rings. The maximum atomic E-state index is 12.9. The highest BCUT2D eigenvalue weighted by Gasteiger charge is 2.43. The average molecular weight is 271 g/mol. The van der Waals surface area contributed by atoms with E-state index >= 15 is 0 Å². The third kappa shape index (κ3) is 2.60. The molecule has 0 bridgehead atoms. The van der Waals surface area contributed by atoms with Gasteiger partial charge in [0.05, 0.1) is 12.1 Å². The van der Waals surface area contributed by atoms with Gasteiger partial charge in [0.2, 0.25) is 0 Å². The van der Waals surface area contributed by atoms with Crippen molar-refractivity contribution in [3.05, 3.63) is 71.5 Å². The van der Waals surface area contributed by atoms with E-state index in [1.54, 1.807) is 12.1 Å². The van der Waals surface area contributed by atoms with Gasteiger partial charge in [0.25, 0.3) is 0 Å². The Morgan fingerprint density at radius 2 is 1.70 bits per heavy atom. The van der Waals surface area contributed by atoms with Crippen molar-refractivity contribution < 1.29 is 9.50 Å². The fraction of sp³-hybridized carbons (Fsp3) is 0.294. The molecule has 1 fully saturated rings. The Bertz CT molecular complexity index is 569. The molecule has 1 heterocycles. The fourth-order valence-corrected chi connectivity index (χ4v) is 2.70. The molecule has 0 aromatic heterocycles. The Kier molecular flexibility index (Phi) is 3.55. The summed E-state index contributed by atoms with van der Waals surface area (Å²) < 4.78 is 12.9. The Balaban J connectivity index is 1.68. The molecule has 0 spiro atoms. The van der Waals surface area contributed by atoms with Crippen molar-refractivity contribution in [1.82, 2.24) is 4.90 Å². The first kappa shape index (κ1) is 13.3. The summed E-state index contributed by atoms with van der Waals surface area (Å²) in [6.45, 7) is 3.02. The molecule has 2 nitrogen and oxygen atoms in total. The van der Waals surface area contributed by atoms with Crippen molar-refractivity contribution in [3.63, 3.8) is 0 Å². The van der Waals surface area contributed by atoms with E-state index in [4.69, 9.17) is 0 Å². The first-order valence-corrected chi connectivity index (χ1v) is 6.91. The topological polar surface area (TPSA) is 23.2 Å². The van der Waals surface area contributed by atoms with Crippen LogP contribution in [0.5, 0.6) is 0 Å². The van der Waals surface area contributed by atoms with E-state index in [1.807, 2.05) is 18.2 Å². The summed E-state index contributed by atoms with van der Waals surface area (Å²) >= 11 is 0. The fourth-order valence-electron chi connectivity index (χ4n) is 2.70. The third-order valence-electron chi connectivity index (χ3n) is 4.05. The van der Waals surface area contributed by atoms with Gasteiger partial charge in [0.1, 0.15) is 5.82 Å². The summed E-state index contributed by atoms with van der Waals surface area (Å²) in [6, 6.07) is 16.8. The van der Waals surface area contributed by atoms with Crippen LogP contribution in [-0.4, -0.2) is 22.6 Å². The van der Waals surface area contributed by atoms with Crippen LogP contribution in [-0.2, 0) is 0 Å². The second-order valence-corrected chi connectivity index (χ2v) is 5.35. The molecule has 1 saturated heterocycles. The maximum Gasteiger partial charge on any atom is 0.123 e. The Morgan fingerprint density at radius 1 is 1.05 bits per heavy atom. The van der Waals surface area contributed by atoms with E-state index in [1.165, 1.54) is 17.7 Å². The predicted molar refractivity (Wildman–Crippen MR) is 76.7 cm³/mol. The first-order chi connectivity index (χ1) is 9.66. The molecule has 20 heavy (non-hydrogen) atoms. The van der Waals surface area contributed by atoms with Crippen LogP contribution < -0.4 is 0 Å². The zero-order valence-electron chi connectivity index (χ0n) is 11.4.